The Hall–Kier alpha value is -2.10. The Morgan fingerprint density at radius 1 is 0.611 bits per heavy atom. The first-order chi connectivity index (χ1) is 8.58. The Morgan fingerprint density at radius 2 is 1.39 bits per heavy atom. The van der Waals surface area contributed by atoms with Crippen LogP contribution in [0.15, 0.2) is 36.4 Å². The van der Waals surface area contributed by atoms with Gasteiger partial charge in [-0.05, 0) is 35.0 Å². The molecule has 0 aliphatic carbocycles. The molecule has 0 radical (unpaired) electrons. The van der Waals surface area contributed by atoms with Crippen molar-refractivity contribution >= 4 is 21.5 Å². The van der Waals surface area contributed by atoms with E-state index in [1.165, 1.54) is 24.3 Å². The highest BCUT2D eigenvalue weighted by Crippen LogP contribution is 2.28. The van der Waals surface area contributed by atoms with Crippen LogP contribution in [0.4, 0.5) is 17.6 Å². The lowest BCUT2D eigenvalue weighted by atomic mass is 10.0. The minimum atomic E-state index is -1.54. The summed E-state index contributed by atoms with van der Waals surface area (Å²) >= 11 is 0. The fourth-order valence-electron chi connectivity index (χ4n) is 2.04. The van der Waals surface area contributed by atoms with Crippen LogP contribution in [-0.2, 0) is 0 Å². The lowest BCUT2D eigenvalue weighted by Crippen LogP contribution is -1.92. The van der Waals surface area contributed by atoms with E-state index in [0.717, 1.165) is 6.07 Å². The minimum Gasteiger partial charge on any atom is -0.206 e. The first-order valence-corrected chi connectivity index (χ1v) is 5.23. The average Bonchev–Trinajstić information content (AvgIpc) is 2.35. The van der Waals surface area contributed by atoms with E-state index in [-0.39, 0.29) is 16.2 Å². The zero-order chi connectivity index (χ0) is 12.9. The lowest BCUT2D eigenvalue weighted by Gasteiger charge is -2.05. The molecule has 90 valence electrons. The monoisotopic (exact) mass is 250 g/mol. The van der Waals surface area contributed by atoms with Crippen molar-refractivity contribution in [3.63, 3.8) is 0 Å². The highest BCUT2D eigenvalue weighted by Gasteiger charge is 2.14. The van der Waals surface area contributed by atoms with Crippen molar-refractivity contribution in [1.82, 2.24) is 0 Å². The van der Waals surface area contributed by atoms with Crippen molar-refractivity contribution < 1.29 is 17.6 Å². The molecular weight excluding hydrogens is 244 g/mol. The van der Waals surface area contributed by atoms with Crippen LogP contribution in [0.2, 0.25) is 0 Å². The number of hydrogen-bond donors (Lipinski definition) is 0. The molecule has 0 amide bonds. The third-order valence-corrected chi connectivity index (χ3v) is 2.92. The molecule has 0 N–H and O–H groups in total. The van der Waals surface area contributed by atoms with Crippen LogP contribution in [0.3, 0.4) is 0 Å². The highest BCUT2D eigenvalue weighted by atomic mass is 19.2. The predicted octanol–water partition coefficient (Wildman–Crippen LogP) is 4.55. The molecule has 0 fully saturated rings. The van der Waals surface area contributed by atoms with Gasteiger partial charge in [0.05, 0.1) is 0 Å². The summed E-state index contributed by atoms with van der Waals surface area (Å²) in [7, 11) is 0. The fourth-order valence-corrected chi connectivity index (χ4v) is 2.04. The number of hydrogen-bond acceptors (Lipinski definition) is 0. The van der Waals surface area contributed by atoms with Gasteiger partial charge in [-0.1, -0.05) is 12.1 Å². The summed E-state index contributed by atoms with van der Waals surface area (Å²) in [5, 5.41) is 0.749. The Kier molecular flexibility index (Phi) is 2.26. The molecule has 3 rings (SSSR count). The summed E-state index contributed by atoms with van der Waals surface area (Å²) in [6.45, 7) is 0. The van der Waals surface area contributed by atoms with Gasteiger partial charge in [-0.25, -0.2) is 17.6 Å². The van der Waals surface area contributed by atoms with Gasteiger partial charge in [0, 0.05) is 10.8 Å². The predicted molar refractivity (Wildman–Crippen MR) is 61.3 cm³/mol. The Bertz CT molecular complexity index is 778. The zero-order valence-corrected chi connectivity index (χ0v) is 8.98. The van der Waals surface area contributed by atoms with E-state index in [2.05, 4.69) is 0 Å². The summed E-state index contributed by atoms with van der Waals surface area (Å²) in [6, 6.07) is 7.87. The molecule has 0 aliphatic rings. The maximum Gasteiger partial charge on any atom is 0.195 e. The van der Waals surface area contributed by atoms with Gasteiger partial charge in [0.15, 0.2) is 17.5 Å². The van der Waals surface area contributed by atoms with Crippen LogP contribution < -0.4 is 0 Å². The Morgan fingerprint density at radius 3 is 2.17 bits per heavy atom. The second-order valence-electron chi connectivity index (χ2n) is 4.02. The summed E-state index contributed by atoms with van der Waals surface area (Å²) in [6.07, 6.45) is 0. The maximum atomic E-state index is 13.6. The second kappa shape index (κ2) is 3.70. The standard InChI is InChI=1S/C14H6F4/c15-11-3-1-2-7-4-8-5-12(16)14(18)13(17)10(8)6-9(7)11/h1-6H. The molecule has 0 aliphatic heterocycles. The molecule has 0 atom stereocenters. The number of rotatable bonds is 0. The van der Waals surface area contributed by atoms with Gasteiger partial charge in [0.25, 0.3) is 0 Å². The molecule has 3 aromatic carbocycles. The molecule has 18 heavy (non-hydrogen) atoms. The van der Waals surface area contributed by atoms with Gasteiger partial charge in [-0.15, -0.1) is 0 Å². The molecule has 0 saturated heterocycles. The third-order valence-electron chi connectivity index (χ3n) is 2.92. The van der Waals surface area contributed by atoms with Crippen molar-refractivity contribution in [2.45, 2.75) is 0 Å². The van der Waals surface area contributed by atoms with E-state index < -0.39 is 23.3 Å². The van der Waals surface area contributed by atoms with Crippen molar-refractivity contribution in [2.24, 2.45) is 0 Å². The first-order valence-electron chi connectivity index (χ1n) is 5.23. The maximum absolute atomic E-state index is 13.6. The van der Waals surface area contributed by atoms with E-state index in [4.69, 9.17) is 0 Å². The number of halogens is 4. The van der Waals surface area contributed by atoms with Crippen LogP contribution in [-0.4, -0.2) is 0 Å². The third kappa shape index (κ3) is 1.45. The molecule has 4 heteroatoms. The van der Waals surface area contributed by atoms with Crippen molar-refractivity contribution in [1.29, 1.82) is 0 Å². The summed E-state index contributed by atoms with van der Waals surface area (Å²) < 4.78 is 53.3. The molecule has 0 bridgehead atoms. The van der Waals surface area contributed by atoms with Crippen LogP contribution in [0, 0.1) is 23.3 Å². The first kappa shape index (κ1) is 11.0. The molecule has 0 unspecified atom stereocenters. The van der Waals surface area contributed by atoms with Crippen LogP contribution in [0.1, 0.15) is 0 Å². The minimum absolute atomic E-state index is 0.133. The van der Waals surface area contributed by atoms with E-state index in [1.807, 2.05) is 0 Å². The normalized spacial score (nSPS) is 11.3. The van der Waals surface area contributed by atoms with Gasteiger partial charge < -0.3 is 0 Å². The summed E-state index contributed by atoms with van der Waals surface area (Å²) in [5.74, 6) is -4.62. The second-order valence-corrected chi connectivity index (χ2v) is 4.02. The van der Waals surface area contributed by atoms with Gasteiger partial charge in [-0.3, -0.25) is 0 Å². The lowest BCUT2D eigenvalue weighted by molar-refractivity contribution is 0.453. The van der Waals surface area contributed by atoms with Gasteiger partial charge in [0.2, 0.25) is 0 Å². The van der Waals surface area contributed by atoms with Gasteiger partial charge >= 0.3 is 0 Å². The SMILES string of the molecule is Fc1cc2cc3cccc(F)c3cc2c(F)c1F. The van der Waals surface area contributed by atoms with Gasteiger partial charge in [-0.2, -0.15) is 0 Å². The van der Waals surface area contributed by atoms with Crippen molar-refractivity contribution in [2.75, 3.05) is 0 Å². The van der Waals surface area contributed by atoms with E-state index in [9.17, 15) is 17.6 Å². The van der Waals surface area contributed by atoms with Crippen LogP contribution in [0.25, 0.3) is 21.5 Å². The van der Waals surface area contributed by atoms with Gasteiger partial charge in [0.1, 0.15) is 5.82 Å². The highest BCUT2D eigenvalue weighted by molar-refractivity contribution is 5.98. The molecule has 3 aromatic rings. The molecule has 0 aromatic heterocycles. The smallest absolute Gasteiger partial charge is 0.195 e. The molecule has 0 nitrogen and oxygen atoms in total. The van der Waals surface area contributed by atoms with Crippen molar-refractivity contribution in [3.8, 4) is 0 Å². The average molecular weight is 250 g/mol. The van der Waals surface area contributed by atoms with E-state index >= 15 is 0 Å². The van der Waals surface area contributed by atoms with Crippen LogP contribution >= 0.6 is 0 Å². The van der Waals surface area contributed by atoms with Crippen molar-refractivity contribution in [3.05, 3.63) is 59.7 Å². The van der Waals surface area contributed by atoms with Crippen LogP contribution in [0.5, 0.6) is 0 Å². The van der Waals surface area contributed by atoms with E-state index in [1.54, 1.807) is 6.07 Å². The number of benzene rings is 3. The summed E-state index contributed by atoms with van der Waals surface area (Å²) in [4.78, 5) is 0. The molecular formula is C14H6F4. The summed E-state index contributed by atoms with van der Waals surface area (Å²) in [5.41, 5.74) is 0. The Labute approximate surface area is 99.5 Å². The van der Waals surface area contributed by atoms with E-state index in [0.29, 0.717) is 5.39 Å². The topological polar surface area (TPSA) is 0 Å². The quantitative estimate of drug-likeness (QED) is 0.312. The largest absolute Gasteiger partial charge is 0.206 e. The zero-order valence-electron chi connectivity index (χ0n) is 8.98. The Balaban J connectivity index is 2.54. The number of fused-ring (bicyclic) bond motifs is 2. The molecule has 0 saturated carbocycles. The molecule has 0 heterocycles. The fraction of sp³-hybridized carbons (Fsp3) is 0. The molecule has 0 spiro atoms.